The Labute approximate surface area is 196 Å². The van der Waals surface area contributed by atoms with Crippen molar-refractivity contribution >= 4 is 45.7 Å². The topological polar surface area (TPSA) is 67.2 Å². The summed E-state index contributed by atoms with van der Waals surface area (Å²) in [4.78, 5) is 29.8. The molecule has 1 fully saturated rings. The molecule has 2 heterocycles. The van der Waals surface area contributed by atoms with Crippen LogP contribution in [0.25, 0.3) is 10.9 Å². The van der Waals surface area contributed by atoms with Gasteiger partial charge < -0.3 is 14.8 Å². The van der Waals surface area contributed by atoms with Crippen LogP contribution in [-0.2, 0) is 17.4 Å². The van der Waals surface area contributed by atoms with Gasteiger partial charge in [-0.2, -0.15) is 0 Å². The van der Waals surface area contributed by atoms with Gasteiger partial charge in [0.05, 0.1) is 27.3 Å². The van der Waals surface area contributed by atoms with Crippen LogP contribution in [0.5, 0.6) is 0 Å². The minimum atomic E-state index is -1.40. The van der Waals surface area contributed by atoms with Crippen molar-refractivity contribution in [3.63, 3.8) is 0 Å². The minimum absolute atomic E-state index is 0.00150. The molecule has 1 aromatic heterocycles. The fourth-order valence-electron chi connectivity index (χ4n) is 4.12. The number of hydrogen-bond donors (Lipinski definition) is 1. The lowest BCUT2D eigenvalue weighted by Gasteiger charge is -2.33. The normalized spacial score (nSPS) is 18.1. The summed E-state index contributed by atoms with van der Waals surface area (Å²) in [6.07, 6.45) is 1.29. The maximum absolute atomic E-state index is 15.1. The Morgan fingerprint density at radius 2 is 1.97 bits per heavy atom. The monoisotopic (exact) mass is 496 g/mol. The number of anilines is 1. The molecular weight excluding hydrogens is 480 g/mol. The van der Waals surface area contributed by atoms with Gasteiger partial charge in [-0.05, 0) is 30.7 Å². The highest BCUT2D eigenvalue weighted by molar-refractivity contribution is 6.42. The maximum Gasteiger partial charge on any atom is 0.282 e. The number of amides is 1. The molecule has 0 spiro atoms. The molecule has 0 saturated carbocycles. The number of likely N-dealkylation sites (tertiary alicyclic amines) is 1. The van der Waals surface area contributed by atoms with E-state index in [2.05, 4.69) is 16.9 Å². The molecular formula is C22H17Cl2F3N4O2. The SMILES string of the molecule is C=C(F)C(=O)N1CCC(Nc2cc(F)c3ncn(C)c(=O)c3c2)(c2c(F)ccc(Cl)c2Cl)C1. The van der Waals surface area contributed by atoms with Crippen LogP contribution >= 0.6 is 23.2 Å². The molecule has 1 N–H and O–H groups in total. The van der Waals surface area contributed by atoms with Crippen LogP contribution in [0.3, 0.4) is 0 Å². The van der Waals surface area contributed by atoms with Crippen LogP contribution in [0.15, 0.2) is 47.8 Å². The fraction of sp³-hybridized carbons (Fsp3) is 0.227. The zero-order valence-electron chi connectivity index (χ0n) is 17.3. The van der Waals surface area contributed by atoms with Crippen LogP contribution < -0.4 is 10.9 Å². The van der Waals surface area contributed by atoms with Crippen LogP contribution in [0.4, 0.5) is 18.9 Å². The summed E-state index contributed by atoms with van der Waals surface area (Å²) in [6, 6.07) is 4.88. The number of aromatic nitrogens is 2. The van der Waals surface area contributed by atoms with E-state index in [0.29, 0.717) is 0 Å². The van der Waals surface area contributed by atoms with Gasteiger partial charge >= 0.3 is 0 Å². The average molecular weight is 497 g/mol. The number of nitrogens with one attached hydrogen (secondary N) is 1. The number of aryl methyl sites for hydroxylation is 1. The van der Waals surface area contributed by atoms with Gasteiger partial charge in [-0.15, -0.1) is 0 Å². The zero-order chi connectivity index (χ0) is 24.1. The van der Waals surface area contributed by atoms with E-state index in [1.54, 1.807) is 0 Å². The molecule has 1 aliphatic rings. The molecule has 6 nitrogen and oxygen atoms in total. The largest absolute Gasteiger partial charge is 0.373 e. The highest BCUT2D eigenvalue weighted by atomic mass is 35.5. The maximum atomic E-state index is 15.1. The van der Waals surface area contributed by atoms with E-state index in [0.717, 1.165) is 17.0 Å². The summed E-state index contributed by atoms with van der Waals surface area (Å²) in [6.45, 7) is 2.85. The second-order valence-electron chi connectivity index (χ2n) is 7.82. The van der Waals surface area contributed by atoms with Crippen LogP contribution in [-0.4, -0.2) is 33.4 Å². The third-order valence-electron chi connectivity index (χ3n) is 5.67. The van der Waals surface area contributed by atoms with Crippen molar-refractivity contribution in [1.29, 1.82) is 0 Å². The van der Waals surface area contributed by atoms with Crippen molar-refractivity contribution in [1.82, 2.24) is 14.5 Å². The number of fused-ring (bicyclic) bond motifs is 1. The van der Waals surface area contributed by atoms with Gasteiger partial charge in [-0.1, -0.05) is 29.8 Å². The Morgan fingerprint density at radius 1 is 1.24 bits per heavy atom. The van der Waals surface area contributed by atoms with Gasteiger partial charge in [0.1, 0.15) is 11.3 Å². The molecule has 0 aliphatic carbocycles. The number of benzene rings is 2. The van der Waals surface area contributed by atoms with Crippen LogP contribution in [0, 0.1) is 11.6 Å². The van der Waals surface area contributed by atoms with Crippen molar-refractivity contribution < 1.29 is 18.0 Å². The molecule has 3 aromatic rings. The Morgan fingerprint density at radius 3 is 2.67 bits per heavy atom. The van der Waals surface area contributed by atoms with Crippen molar-refractivity contribution in [2.75, 3.05) is 18.4 Å². The molecule has 172 valence electrons. The molecule has 33 heavy (non-hydrogen) atoms. The lowest BCUT2D eigenvalue weighted by molar-refractivity contribution is -0.127. The van der Waals surface area contributed by atoms with E-state index < -0.39 is 34.5 Å². The molecule has 11 heteroatoms. The highest BCUT2D eigenvalue weighted by Gasteiger charge is 2.45. The molecule has 1 atom stereocenters. The molecule has 0 bridgehead atoms. The lowest BCUT2D eigenvalue weighted by atomic mass is 9.87. The summed E-state index contributed by atoms with van der Waals surface area (Å²) in [7, 11) is 1.47. The number of carbonyl (C=O) groups excluding carboxylic acids is 1. The van der Waals surface area contributed by atoms with Crippen molar-refractivity contribution in [2.45, 2.75) is 12.0 Å². The van der Waals surface area contributed by atoms with Crippen molar-refractivity contribution in [3.05, 3.63) is 80.6 Å². The number of rotatable bonds is 4. The first kappa shape index (κ1) is 23.1. The molecule has 1 aliphatic heterocycles. The first-order valence-corrected chi connectivity index (χ1v) is 10.5. The Bertz CT molecular complexity index is 1380. The number of hydrogen-bond acceptors (Lipinski definition) is 4. The van der Waals surface area contributed by atoms with Gasteiger partial charge in [-0.3, -0.25) is 9.59 Å². The predicted molar refractivity (Wildman–Crippen MR) is 120 cm³/mol. The van der Waals surface area contributed by atoms with Crippen molar-refractivity contribution in [3.8, 4) is 0 Å². The summed E-state index contributed by atoms with van der Waals surface area (Å²) in [5.74, 6) is -3.62. The quantitative estimate of drug-likeness (QED) is 0.425. The van der Waals surface area contributed by atoms with Gasteiger partial charge in [0.15, 0.2) is 11.6 Å². The molecule has 0 radical (unpaired) electrons. The van der Waals surface area contributed by atoms with Gasteiger partial charge in [0.2, 0.25) is 0 Å². The van der Waals surface area contributed by atoms with Gasteiger partial charge in [0, 0.05) is 31.4 Å². The smallest absolute Gasteiger partial charge is 0.282 e. The first-order chi connectivity index (χ1) is 15.5. The van der Waals surface area contributed by atoms with E-state index in [4.69, 9.17) is 23.2 Å². The second-order valence-corrected chi connectivity index (χ2v) is 8.61. The van der Waals surface area contributed by atoms with E-state index in [1.807, 2.05) is 0 Å². The second kappa shape index (κ2) is 8.39. The average Bonchev–Trinajstić information content (AvgIpc) is 3.17. The number of carbonyl (C=O) groups is 1. The predicted octanol–water partition coefficient (Wildman–Crippen LogP) is 4.54. The third-order valence-corrected chi connectivity index (χ3v) is 6.47. The molecule has 4 rings (SSSR count). The Hall–Kier alpha value is -3.04. The fourth-order valence-corrected chi connectivity index (χ4v) is 4.61. The van der Waals surface area contributed by atoms with E-state index in [1.165, 1.54) is 30.1 Å². The third kappa shape index (κ3) is 3.95. The Balaban J connectivity index is 1.88. The van der Waals surface area contributed by atoms with Gasteiger partial charge in [0.25, 0.3) is 11.5 Å². The highest BCUT2D eigenvalue weighted by Crippen LogP contribution is 2.43. The molecule has 2 aromatic carbocycles. The Kier molecular flexibility index (Phi) is 5.88. The number of nitrogens with zero attached hydrogens (tertiary/aromatic N) is 3. The van der Waals surface area contributed by atoms with E-state index >= 15 is 4.39 Å². The zero-order valence-corrected chi connectivity index (χ0v) is 18.8. The summed E-state index contributed by atoms with van der Waals surface area (Å²) >= 11 is 12.5. The first-order valence-electron chi connectivity index (χ1n) is 9.75. The summed E-state index contributed by atoms with van der Waals surface area (Å²) in [5, 5.41) is 3.00. The molecule has 1 saturated heterocycles. The number of halogens is 5. The standard InChI is InChI=1S/C22H17Cl2F3N4O2/c1-11(25)20(32)31-6-5-22(9-31,17-15(26)4-3-14(23)18(17)24)29-12-7-13-19(16(27)8-12)28-10-30(2)21(13)33/h3-4,7-8,10,29H,1,5-6,9H2,2H3. The lowest BCUT2D eigenvalue weighted by Crippen LogP contribution is -2.41. The van der Waals surface area contributed by atoms with Crippen LogP contribution in [0.1, 0.15) is 12.0 Å². The van der Waals surface area contributed by atoms with E-state index in [-0.39, 0.29) is 51.7 Å². The molecule has 1 unspecified atom stereocenters. The molecule has 1 amide bonds. The van der Waals surface area contributed by atoms with E-state index in [9.17, 15) is 18.4 Å². The van der Waals surface area contributed by atoms with Gasteiger partial charge in [-0.25, -0.2) is 18.2 Å². The van der Waals surface area contributed by atoms with Crippen LogP contribution in [0.2, 0.25) is 10.0 Å². The summed E-state index contributed by atoms with van der Waals surface area (Å²) < 4.78 is 44.6. The minimum Gasteiger partial charge on any atom is -0.373 e. The van der Waals surface area contributed by atoms with Crippen molar-refractivity contribution in [2.24, 2.45) is 7.05 Å². The summed E-state index contributed by atoms with van der Waals surface area (Å²) in [5.41, 5.74) is -1.95.